The maximum Gasteiger partial charge on any atom is 0.227 e. The van der Waals surface area contributed by atoms with E-state index in [1.54, 1.807) is 0 Å². The molecule has 0 aliphatic rings. The van der Waals surface area contributed by atoms with Crippen molar-refractivity contribution in [2.45, 2.75) is 40.5 Å². The summed E-state index contributed by atoms with van der Waals surface area (Å²) in [6.45, 7) is 8.17. The lowest BCUT2D eigenvalue weighted by Crippen LogP contribution is -2.20. The van der Waals surface area contributed by atoms with Crippen molar-refractivity contribution in [1.29, 1.82) is 0 Å². The van der Waals surface area contributed by atoms with Crippen molar-refractivity contribution in [2.24, 2.45) is 5.92 Å². The van der Waals surface area contributed by atoms with Crippen molar-refractivity contribution >= 4 is 11.6 Å². The molecular weight excluding hydrogens is 198 g/mol. The molecule has 0 saturated carbocycles. The Morgan fingerprint density at radius 2 is 2.06 bits per heavy atom. The quantitative estimate of drug-likeness (QED) is 0.822. The van der Waals surface area contributed by atoms with Crippen LogP contribution < -0.4 is 5.32 Å². The topological polar surface area (TPSA) is 29.1 Å². The van der Waals surface area contributed by atoms with Crippen LogP contribution in [-0.2, 0) is 4.79 Å². The zero-order chi connectivity index (χ0) is 12.1. The number of hydrogen-bond acceptors (Lipinski definition) is 1. The molecule has 1 aromatic carbocycles. The van der Waals surface area contributed by atoms with Crippen molar-refractivity contribution in [3.8, 4) is 0 Å². The van der Waals surface area contributed by atoms with Crippen molar-refractivity contribution in [1.82, 2.24) is 0 Å². The van der Waals surface area contributed by atoms with Crippen LogP contribution in [0.15, 0.2) is 18.2 Å². The molecule has 0 radical (unpaired) electrons. The third-order valence-corrected chi connectivity index (χ3v) is 3.03. The Balaban J connectivity index is 2.73. The van der Waals surface area contributed by atoms with Crippen LogP contribution in [0.2, 0.25) is 0 Å². The van der Waals surface area contributed by atoms with Crippen molar-refractivity contribution in [2.75, 3.05) is 5.32 Å². The number of benzene rings is 1. The lowest BCUT2D eigenvalue weighted by Gasteiger charge is -2.14. The number of carbonyl (C=O) groups is 1. The van der Waals surface area contributed by atoms with Crippen LogP contribution in [0.1, 0.15) is 37.8 Å². The fourth-order valence-corrected chi connectivity index (χ4v) is 1.71. The summed E-state index contributed by atoms with van der Waals surface area (Å²) in [4.78, 5) is 11.9. The number of nitrogens with one attached hydrogen (secondary N) is 1. The molecule has 0 aliphatic heterocycles. The van der Waals surface area contributed by atoms with Gasteiger partial charge >= 0.3 is 0 Å². The highest BCUT2D eigenvalue weighted by molar-refractivity contribution is 5.93. The first kappa shape index (κ1) is 12.8. The van der Waals surface area contributed by atoms with Crippen LogP contribution in [0.3, 0.4) is 0 Å². The molecule has 0 aromatic heterocycles. The molecule has 0 spiro atoms. The van der Waals surface area contributed by atoms with E-state index < -0.39 is 0 Å². The Labute approximate surface area is 98.1 Å². The van der Waals surface area contributed by atoms with Gasteiger partial charge in [-0.15, -0.1) is 0 Å². The number of rotatable bonds is 4. The molecule has 1 amide bonds. The summed E-state index contributed by atoms with van der Waals surface area (Å²) < 4.78 is 0. The minimum Gasteiger partial charge on any atom is -0.326 e. The highest BCUT2D eigenvalue weighted by Gasteiger charge is 2.12. The molecule has 16 heavy (non-hydrogen) atoms. The van der Waals surface area contributed by atoms with Crippen LogP contribution in [-0.4, -0.2) is 5.91 Å². The van der Waals surface area contributed by atoms with E-state index in [1.807, 2.05) is 26.0 Å². The third-order valence-electron chi connectivity index (χ3n) is 3.03. The first-order valence-corrected chi connectivity index (χ1v) is 5.93. The van der Waals surface area contributed by atoms with E-state index in [2.05, 4.69) is 25.2 Å². The highest BCUT2D eigenvalue weighted by Crippen LogP contribution is 2.19. The second-order valence-electron chi connectivity index (χ2n) is 4.43. The van der Waals surface area contributed by atoms with E-state index in [0.29, 0.717) is 0 Å². The summed E-state index contributed by atoms with van der Waals surface area (Å²) in [5.41, 5.74) is 3.30. The fourth-order valence-electron chi connectivity index (χ4n) is 1.71. The van der Waals surface area contributed by atoms with Crippen molar-refractivity contribution in [3.05, 3.63) is 29.3 Å². The predicted molar refractivity (Wildman–Crippen MR) is 68.6 cm³/mol. The standard InChI is InChI=1S/C14H21NO/c1-5-7-11(3)14(16)15-13-9-6-8-10(2)12(13)4/h6,8-9,11H,5,7H2,1-4H3,(H,15,16). The fraction of sp³-hybridized carbons (Fsp3) is 0.500. The van der Waals surface area contributed by atoms with Gasteiger partial charge in [0.25, 0.3) is 0 Å². The van der Waals surface area contributed by atoms with Gasteiger partial charge in [0, 0.05) is 11.6 Å². The molecule has 1 N–H and O–H groups in total. The van der Waals surface area contributed by atoms with E-state index in [-0.39, 0.29) is 11.8 Å². The van der Waals surface area contributed by atoms with E-state index in [9.17, 15) is 4.79 Å². The van der Waals surface area contributed by atoms with E-state index in [1.165, 1.54) is 5.56 Å². The smallest absolute Gasteiger partial charge is 0.227 e. The molecule has 2 heteroatoms. The molecular formula is C14H21NO. The summed E-state index contributed by atoms with van der Waals surface area (Å²) in [6, 6.07) is 5.99. The van der Waals surface area contributed by atoms with Gasteiger partial charge in [-0.3, -0.25) is 4.79 Å². The van der Waals surface area contributed by atoms with Gasteiger partial charge in [-0.1, -0.05) is 32.4 Å². The maximum atomic E-state index is 11.9. The Morgan fingerprint density at radius 3 is 2.69 bits per heavy atom. The average Bonchev–Trinajstić information content (AvgIpc) is 2.25. The summed E-state index contributed by atoms with van der Waals surface area (Å²) in [5.74, 6) is 0.209. The molecule has 0 heterocycles. The monoisotopic (exact) mass is 219 g/mol. The molecule has 0 bridgehead atoms. The summed E-state index contributed by atoms with van der Waals surface area (Å²) >= 11 is 0. The summed E-state index contributed by atoms with van der Waals surface area (Å²) in [7, 11) is 0. The Kier molecular flexibility index (Phi) is 4.53. The van der Waals surface area contributed by atoms with Gasteiger partial charge in [0.15, 0.2) is 0 Å². The zero-order valence-corrected chi connectivity index (χ0v) is 10.6. The number of carbonyl (C=O) groups excluding carboxylic acids is 1. The number of anilines is 1. The summed E-state index contributed by atoms with van der Waals surface area (Å²) in [5, 5.41) is 3.00. The minimum atomic E-state index is 0.0879. The van der Waals surface area contributed by atoms with Crippen LogP contribution >= 0.6 is 0 Å². The first-order valence-electron chi connectivity index (χ1n) is 5.93. The van der Waals surface area contributed by atoms with Gasteiger partial charge in [0.2, 0.25) is 5.91 Å². The van der Waals surface area contributed by atoms with Gasteiger partial charge in [0.05, 0.1) is 0 Å². The molecule has 1 unspecified atom stereocenters. The second kappa shape index (κ2) is 5.69. The first-order chi connectivity index (χ1) is 7.56. The van der Waals surface area contributed by atoms with Gasteiger partial charge in [-0.2, -0.15) is 0 Å². The maximum absolute atomic E-state index is 11.9. The summed E-state index contributed by atoms with van der Waals surface area (Å²) in [6.07, 6.45) is 1.98. The van der Waals surface area contributed by atoms with Gasteiger partial charge < -0.3 is 5.32 Å². The zero-order valence-electron chi connectivity index (χ0n) is 10.6. The Morgan fingerprint density at radius 1 is 1.38 bits per heavy atom. The Hall–Kier alpha value is -1.31. The van der Waals surface area contributed by atoms with Crippen LogP contribution in [0.25, 0.3) is 0 Å². The predicted octanol–water partition coefficient (Wildman–Crippen LogP) is 3.68. The van der Waals surface area contributed by atoms with Crippen LogP contribution in [0.5, 0.6) is 0 Å². The van der Waals surface area contributed by atoms with Crippen LogP contribution in [0, 0.1) is 19.8 Å². The lowest BCUT2D eigenvalue weighted by molar-refractivity contribution is -0.119. The number of aryl methyl sites for hydroxylation is 1. The number of amides is 1. The average molecular weight is 219 g/mol. The molecule has 1 rings (SSSR count). The second-order valence-corrected chi connectivity index (χ2v) is 4.43. The van der Waals surface area contributed by atoms with Crippen molar-refractivity contribution < 1.29 is 4.79 Å². The molecule has 1 atom stereocenters. The van der Waals surface area contributed by atoms with E-state index in [4.69, 9.17) is 0 Å². The van der Waals surface area contributed by atoms with E-state index >= 15 is 0 Å². The van der Waals surface area contributed by atoms with E-state index in [0.717, 1.165) is 24.1 Å². The van der Waals surface area contributed by atoms with Gasteiger partial charge in [0.1, 0.15) is 0 Å². The minimum absolute atomic E-state index is 0.0879. The molecule has 2 nitrogen and oxygen atoms in total. The highest BCUT2D eigenvalue weighted by atomic mass is 16.1. The van der Waals surface area contributed by atoms with Gasteiger partial charge in [-0.05, 0) is 37.5 Å². The molecule has 0 fully saturated rings. The van der Waals surface area contributed by atoms with Crippen LogP contribution in [0.4, 0.5) is 5.69 Å². The normalized spacial score (nSPS) is 12.2. The third kappa shape index (κ3) is 3.09. The lowest BCUT2D eigenvalue weighted by atomic mass is 10.0. The van der Waals surface area contributed by atoms with Crippen molar-refractivity contribution in [3.63, 3.8) is 0 Å². The molecule has 0 saturated heterocycles. The molecule has 88 valence electrons. The Bertz CT molecular complexity index is 371. The van der Waals surface area contributed by atoms with Gasteiger partial charge in [-0.25, -0.2) is 0 Å². The largest absolute Gasteiger partial charge is 0.326 e. The SMILES string of the molecule is CCCC(C)C(=O)Nc1cccc(C)c1C. The molecule has 0 aliphatic carbocycles. The molecule has 1 aromatic rings. The number of hydrogen-bond donors (Lipinski definition) is 1.